The third kappa shape index (κ3) is 4.12. The second kappa shape index (κ2) is 8.46. The summed E-state index contributed by atoms with van der Waals surface area (Å²) in [5.74, 6) is -0.434. The van der Waals surface area contributed by atoms with Crippen LogP contribution in [0.25, 0.3) is 22.1 Å². The average molecular weight is 345 g/mol. The fourth-order valence-corrected chi connectivity index (χ4v) is 2.06. The molecule has 0 aliphatic carbocycles. The maximum absolute atomic E-state index is 12.4. The zero-order valence-corrected chi connectivity index (χ0v) is 15.3. The molecule has 0 bridgehead atoms. The van der Waals surface area contributed by atoms with Crippen LogP contribution in [0.15, 0.2) is 51.9 Å². The van der Waals surface area contributed by atoms with E-state index in [-0.39, 0.29) is 96.1 Å². The predicted octanol–water partition coefficient (Wildman–Crippen LogP) is 0.547. The molecule has 117 valence electrons. The normalized spacial score (nSPS) is 9.39. The summed E-state index contributed by atoms with van der Waals surface area (Å²) in [6.45, 7) is 0. The molecule has 0 unspecified atom stereocenters. The molecule has 1 radical (unpaired) electrons. The number of fused-ring (bicyclic) bond motifs is 1. The summed E-state index contributed by atoms with van der Waals surface area (Å²) in [5.41, 5.74) is 0.522. The van der Waals surface area contributed by atoms with Crippen LogP contribution >= 0.6 is 0 Å². The molecule has 0 spiro atoms. The van der Waals surface area contributed by atoms with E-state index in [4.69, 9.17) is 4.42 Å². The predicted molar refractivity (Wildman–Crippen MR) is 85.9 cm³/mol. The van der Waals surface area contributed by atoms with Crippen LogP contribution in [0.5, 0.6) is 17.2 Å². The van der Waals surface area contributed by atoms with Crippen LogP contribution in [0.1, 0.15) is 0 Å². The Morgan fingerprint density at radius 3 is 2.09 bits per heavy atom. The summed E-state index contributed by atoms with van der Waals surface area (Å²) in [6.07, 6.45) is 1.26. The molecular weight excluding hydrogens is 331 g/mol. The molecule has 0 aliphatic heterocycles. The minimum atomic E-state index is -0.408. The Morgan fingerprint density at radius 2 is 1.48 bits per heavy atom. The number of rotatable bonds is 1. The van der Waals surface area contributed by atoms with Crippen molar-refractivity contribution in [1.82, 2.24) is 0 Å². The molecular formula is C15H14KO7. The van der Waals surface area contributed by atoms with Gasteiger partial charge in [0.1, 0.15) is 34.5 Å². The van der Waals surface area contributed by atoms with E-state index in [9.17, 15) is 20.1 Å². The van der Waals surface area contributed by atoms with Gasteiger partial charge in [0.15, 0.2) is 0 Å². The molecule has 0 atom stereocenters. The van der Waals surface area contributed by atoms with Crippen LogP contribution in [-0.2, 0) is 0 Å². The van der Waals surface area contributed by atoms with Crippen molar-refractivity contribution in [2.45, 2.75) is 0 Å². The molecule has 7 nitrogen and oxygen atoms in total. The van der Waals surface area contributed by atoms with Crippen LogP contribution in [0, 0.1) is 0 Å². The molecule has 0 fully saturated rings. The first-order chi connectivity index (χ1) is 9.56. The van der Waals surface area contributed by atoms with Crippen LogP contribution in [0.3, 0.4) is 0 Å². The van der Waals surface area contributed by atoms with E-state index in [1.54, 1.807) is 12.1 Å². The first-order valence-electron chi connectivity index (χ1n) is 5.83. The summed E-state index contributed by atoms with van der Waals surface area (Å²) in [5, 5.41) is 28.4. The van der Waals surface area contributed by atoms with E-state index in [0.717, 1.165) is 6.07 Å². The van der Waals surface area contributed by atoms with Crippen LogP contribution in [0.2, 0.25) is 0 Å². The molecule has 0 saturated heterocycles. The molecule has 0 amide bonds. The van der Waals surface area contributed by atoms with Gasteiger partial charge in [-0.3, -0.25) is 4.79 Å². The number of phenols is 3. The van der Waals surface area contributed by atoms with E-state index in [1.807, 2.05) is 0 Å². The summed E-state index contributed by atoms with van der Waals surface area (Å²) in [7, 11) is 0. The number of benzene rings is 2. The van der Waals surface area contributed by atoms with Crippen LogP contribution in [-0.4, -0.2) is 77.7 Å². The second-order valence-electron chi connectivity index (χ2n) is 4.36. The fourth-order valence-electron chi connectivity index (χ4n) is 2.06. The maximum Gasteiger partial charge on any atom is 0.204 e. The van der Waals surface area contributed by atoms with Crippen molar-refractivity contribution in [3.63, 3.8) is 0 Å². The van der Waals surface area contributed by atoms with Gasteiger partial charge in [0.05, 0.1) is 5.56 Å². The Hall–Kier alpha value is -1.39. The van der Waals surface area contributed by atoms with Crippen molar-refractivity contribution in [2.24, 2.45) is 0 Å². The Bertz CT molecular complexity index is 856. The van der Waals surface area contributed by atoms with Gasteiger partial charge >= 0.3 is 0 Å². The molecule has 3 rings (SSSR count). The van der Waals surface area contributed by atoms with Crippen molar-refractivity contribution < 1.29 is 30.7 Å². The zero-order valence-electron chi connectivity index (χ0n) is 12.2. The third-order valence-corrected chi connectivity index (χ3v) is 3.02. The number of hydrogen-bond acceptors (Lipinski definition) is 5. The van der Waals surface area contributed by atoms with Gasteiger partial charge in [-0.1, -0.05) is 12.1 Å². The Kier molecular flexibility index (Phi) is 7.94. The first-order valence-corrected chi connectivity index (χ1v) is 5.83. The Balaban J connectivity index is 0.00000161. The smallest absolute Gasteiger partial charge is 0.204 e. The van der Waals surface area contributed by atoms with E-state index in [0.29, 0.717) is 5.56 Å². The fraction of sp³-hybridized carbons (Fsp3) is 0. The van der Waals surface area contributed by atoms with Gasteiger partial charge in [-0.15, -0.1) is 0 Å². The summed E-state index contributed by atoms with van der Waals surface area (Å²) >= 11 is 0. The molecule has 0 aliphatic rings. The molecule has 1 heterocycles. The van der Waals surface area contributed by atoms with Crippen molar-refractivity contribution in [3.05, 3.63) is 52.9 Å². The van der Waals surface area contributed by atoms with Crippen molar-refractivity contribution in [2.75, 3.05) is 0 Å². The van der Waals surface area contributed by atoms with Gasteiger partial charge in [0.2, 0.25) is 5.43 Å². The number of phenolic OH excluding ortho intramolecular Hbond substituents is 3. The third-order valence-electron chi connectivity index (χ3n) is 3.02. The SMILES string of the molecule is O.O.O=c1c(-c2ccc(O)cc2)coc2cc(O)cc(O)c12.[K]. The van der Waals surface area contributed by atoms with Crippen molar-refractivity contribution in [1.29, 1.82) is 0 Å². The van der Waals surface area contributed by atoms with Crippen LogP contribution < -0.4 is 5.43 Å². The molecule has 1 aromatic heterocycles. The van der Waals surface area contributed by atoms with Crippen molar-refractivity contribution in [3.8, 4) is 28.4 Å². The molecule has 23 heavy (non-hydrogen) atoms. The van der Waals surface area contributed by atoms with Gasteiger partial charge in [0.25, 0.3) is 0 Å². The van der Waals surface area contributed by atoms with E-state index < -0.39 is 5.43 Å². The summed E-state index contributed by atoms with van der Waals surface area (Å²) < 4.78 is 5.29. The second-order valence-corrected chi connectivity index (χ2v) is 4.36. The summed E-state index contributed by atoms with van der Waals surface area (Å²) in [6, 6.07) is 8.40. The molecule has 3 aromatic rings. The Labute approximate surface area is 172 Å². The van der Waals surface area contributed by atoms with Gasteiger partial charge in [-0.2, -0.15) is 0 Å². The van der Waals surface area contributed by atoms with Gasteiger partial charge < -0.3 is 30.7 Å². The molecule has 0 saturated carbocycles. The molecule has 7 N–H and O–H groups in total. The molecule has 8 heteroatoms. The minimum absolute atomic E-state index is 0. The molecule has 2 aromatic carbocycles. The quantitative estimate of drug-likeness (QED) is 0.549. The van der Waals surface area contributed by atoms with E-state index >= 15 is 0 Å². The van der Waals surface area contributed by atoms with Gasteiger partial charge in [-0.05, 0) is 17.7 Å². The standard InChI is InChI=1S/C15H10O5.K.2H2O/c16-9-3-1-8(2-4-9)11-7-20-13-6-10(17)5-12(18)14(13)15(11)19;;;/h1-7,16-18H;;2*1H2. The van der Waals surface area contributed by atoms with Gasteiger partial charge in [0, 0.05) is 63.5 Å². The topological polar surface area (TPSA) is 154 Å². The maximum atomic E-state index is 12.4. The first kappa shape index (κ1) is 21.6. The minimum Gasteiger partial charge on any atom is -0.508 e. The Morgan fingerprint density at radius 1 is 0.870 bits per heavy atom. The monoisotopic (exact) mass is 345 g/mol. The van der Waals surface area contributed by atoms with Crippen LogP contribution in [0.4, 0.5) is 0 Å². The van der Waals surface area contributed by atoms with E-state index in [2.05, 4.69) is 0 Å². The zero-order chi connectivity index (χ0) is 14.3. The average Bonchev–Trinajstić information content (AvgIpc) is 2.39. The number of aromatic hydroxyl groups is 3. The largest absolute Gasteiger partial charge is 0.508 e. The number of hydrogen-bond donors (Lipinski definition) is 3. The van der Waals surface area contributed by atoms with Crippen molar-refractivity contribution >= 4 is 62.4 Å². The van der Waals surface area contributed by atoms with E-state index in [1.165, 1.54) is 24.5 Å². The van der Waals surface area contributed by atoms with Gasteiger partial charge in [-0.25, -0.2) is 0 Å². The summed E-state index contributed by atoms with van der Waals surface area (Å²) in [4.78, 5) is 12.4.